The first-order valence-corrected chi connectivity index (χ1v) is 28.8. The van der Waals surface area contributed by atoms with Crippen molar-refractivity contribution in [2.45, 2.75) is 53.6 Å². The Bertz CT molecular complexity index is 2580. The number of alkyl carbamates (subject to hydrolysis) is 2. The Balaban J connectivity index is 1.06. The molecule has 0 fully saturated rings. The van der Waals surface area contributed by atoms with Crippen LogP contribution in [0.5, 0.6) is 11.5 Å². The van der Waals surface area contributed by atoms with Gasteiger partial charge in [0.15, 0.2) is 35.1 Å². The number of hydrogen-bond acceptors (Lipinski definition) is 16. The van der Waals surface area contributed by atoms with Gasteiger partial charge in [-0.15, -0.1) is 16.7 Å². The second-order valence-electron chi connectivity index (χ2n) is 17.1. The van der Waals surface area contributed by atoms with Crippen molar-refractivity contribution >= 4 is 41.1 Å². The molecule has 0 aliphatic heterocycles. The molecule has 0 saturated heterocycles. The fraction of sp³-hybridized carbons (Fsp3) is 0.379. The van der Waals surface area contributed by atoms with Gasteiger partial charge >= 0.3 is 41.1 Å². The van der Waals surface area contributed by atoms with E-state index in [0.29, 0.717) is 81.1 Å². The third kappa shape index (κ3) is 20.2. The zero-order chi connectivity index (χ0) is 55.3. The van der Waals surface area contributed by atoms with E-state index in [1.807, 2.05) is 118 Å². The highest BCUT2D eigenvalue weighted by Crippen LogP contribution is 2.34. The number of nitrogens with one attached hydrogen (secondary N) is 2. The van der Waals surface area contributed by atoms with Gasteiger partial charge < -0.3 is 34.7 Å². The molecule has 6 aromatic rings. The summed E-state index contributed by atoms with van der Waals surface area (Å²) in [5, 5.41) is 17.0. The highest BCUT2D eigenvalue weighted by atomic mass is 32.2. The summed E-state index contributed by atoms with van der Waals surface area (Å²) in [5.74, 6) is 1.74. The summed E-state index contributed by atoms with van der Waals surface area (Å²) in [6.07, 6.45) is -0.936. The lowest BCUT2D eigenvalue weighted by molar-refractivity contribution is -0.151. The van der Waals surface area contributed by atoms with Crippen LogP contribution in [0.4, 0.5) is 9.59 Å². The second-order valence-corrected chi connectivity index (χ2v) is 20.1. The Morgan fingerprint density at radius 2 is 0.923 bits per heavy atom. The first kappa shape index (κ1) is 60.4. The Morgan fingerprint density at radius 1 is 0.526 bits per heavy atom. The zero-order valence-electron chi connectivity index (χ0n) is 45.1. The number of ether oxygens (including phenoxy) is 4. The molecule has 18 nitrogen and oxygen atoms in total. The van der Waals surface area contributed by atoms with Crippen LogP contribution in [0, 0.1) is 0 Å². The number of aromatic hydroxyl groups is 1. The van der Waals surface area contributed by atoms with Crippen LogP contribution in [0.15, 0.2) is 127 Å². The van der Waals surface area contributed by atoms with Crippen molar-refractivity contribution in [1.29, 1.82) is 0 Å². The van der Waals surface area contributed by atoms with E-state index < -0.39 is 47.2 Å². The van der Waals surface area contributed by atoms with Gasteiger partial charge in [0, 0.05) is 62.8 Å². The molecule has 416 valence electrons. The summed E-state index contributed by atoms with van der Waals surface area (Å²) in [6.45, 7) is 12.8. The maximum Gasteiger partial charge on any atom is 0.407 e. The van der Waals surface area contributed by atoms with E-state index in [-0.39, 0.29) is 56.8 Å². The van der Waals surface area contributed by atoms with E-state index in [4.69, 9.17) is 50.6 Å². The number of esters is 1. The highest BCUT2D eigenvalue weighted by Gasteiger charge is 2.24. The van der Waals surface area contributed by atoms with Crippen molar-refractivity contribution < 1.29 is 55.2 Å². The van der Waals surface area contributed by atoms with E-state index in [1.165, 1.54) is 6.07 Å². The summed E-state index contributed by atoms with van der Waals surface area (Å²) in [4.78, 5) is 54.8. The van der Waals surface area contributed by atoms with E-state index >= 15 is 0 Å². The van der Waals surface area contributed by atoms with Crippen LogP contribution in [-0.4, -0.2) is 140 Å². The second kappa shape index (κ2) is 33.5. The fourth-order valence-electron chi connectivity index (χ4n) is 7.62. The lowest BCUT2D eigenvalue weighted by Gasteiger charge is -2.22. The molecule has 1 aromatic heterocycles. The number of aromatic nitrogens is 3. The van der Waals surface area contributed by atoms with E-state index in [2.05, 4.69) is 34.9 Å². The minimum atomic E-state index is -1.06. The van der Waals surface area contributed by atoms with Crippen LogP contribution < -0.4 is 15.4 Å². The average molecular weight is 1110 g/mol. The van der Waals surface area contributed by atoms with Gasteiger partial charge in [0.05, 0.1) is 5.56 Å². The number of amides is 2. The number of carbonyl (C=O) groups is 3. The fourth-order valence-corrected chi connectivity index (χ4v) is 10.0. The van der Waals surface area contributed by atoms with Gasteiger partial charge in [-0.1, -0.05) is 109 Å². The molecule has 0 saturated carbocycles. The molecule has 1 atom stereocenters. The third-order valence-electron chi connectivity index (χ3n) is 11.4. The molecule has 0 spiro atoms. The minimum Gasteiger partial charge on any atom is -0.507 e. The lowest BCUT2D eigenvalue weighted by atomic mass is 10.0. The van der Waals surface area contributed by atoms with Crippen LogP contribution in [0.1, 0.15) is 47.5 Å². The first-order chi connectivity index (χ1) is 38.1. The van der Waals surface area contributed by atoms with E-state index in [1.54, 1.807) is 19.1 Å². The minimum absolute atomic E-state index is 0.0196. The molecular weight excluding hydrogens is 1040 g/mol. The summed E-state index contributed by atoms with van der Waals surface area (Å²) >= 11 is -1.25. The van der Waals surface area contributed by atoms with Crippen molar-refractivity contribution in [3.05, 3.63) is 127 Å². The molecule has 78 heavy (non-hydrogen) atoms. The normalized spacial score (nSPS) is 11.6. The molecule has 3 N–H and O–H groups in total. The molecular formula is C58H72N6O12S2+2. The Hall–Kier alpha value is -6.78. The van der Waals surface area contributed by atoms with Gasteiger partial charge in [0.25, 0.3) is 0 Å². The maximum absolute atomic E-state index is 13.3. The number of carbonyl (C=O) groups excluding carboxylic acids is 3. The van der Waals surface area contributed by atoms with Crippen molar-refractivity contribution in [3.63, 3.8) is 0 Å². The molecule has 1 heterocycles. The zero-order valence-corrected chi connectivity index (χ0v) is 46.7. The molecule has 0 bridgehead atoms. The molecule has 1 unspecified atom stereocenters. The van der Waals surface area contributed by atoms with Crippen LogP contribution in [0.2, 0.25) is 0 Å². The molecule has 20 heteroatoms. The van der Waals surface area contributed by atoms with Gasteiger partial charge in [0.2, 0.25) is 0 Å². The quantitative estimate of drug-likeness (QED) is 0.0151. The standard InChI is InChI=1S/C58H70N6O12S2/c1-6-72-77(73-7-2)40-16-32-59-57(67)70-38-35-64(36-39-71-58(68)60-33-17-41-78(74-8-3)75-9-4)34-37-69-56(66)43(5)76-50-30-31-51(52(65)42-50)55-62-53(48-26-22-46(23-27-48)44-18-12-10-13-19-44)61-54(63-55)49-28-24-47(25-29-49)45-20-14-11-15-21-45/h10-15,18-31,42-43H,6-9,16-17,32-41H2,1-5H3,(H-2,59,60,61,62,63,65,67,68)/p+2. The molecule has 6 rings (SSSR count). The van der Waals surface area contributed by atoms with Crippen molar-refractivity contribution in [3.8, 4) is 67.9 Å². The average Bonchev–Trinajstić information content (AvgIpc) is 3.49. The van der Waals surface area contributed by atoms with Gasteiger partial charge in [-0.05, 0) is 69.0 Å². The van der Waals surface area contributed by atoms with Crippen LogP contribution >= 0.6 is 0 Å². The largest absolute Gasteiger partial charge is 0.507 e. The Labute approximate surface area is 464 Å². The molecule has 0 radical (unpaired) electrons. The number of hydrogen-bond donors (Lipinski definition) is 3. The van der Waals surface area contributed by atoms with E-state index in [0.717, 1.165) is 33.4 Å². The SMILES string of the molecule is CCO[S+](CCCNC(=O)OCCN(CCOC(=O)NCCC[S+](OCC)OCC)CCOC(=O)C(C)Oc1ccc(-c2nc(-c3ccc(-c4ccccc4)cc3)nc(-c3ccc(-c4ccccc4)cc3)n2)c(O)c1)OCC. The predicted molar refractivity (Wildman–Crippen MR) is 305 cm³/mol. The van der Waals surface area contributed by atoms with Crippen molar-refractivity contribution in [2.24, 2.45) is 0 Å². The van der Waals surface area contributed by atoms with Crippen molar-refractivity contribution in [1.82, 2.24) is 30.5 Å². The maximum atomic E-state index is 13.3. The number of rotatable bonds is 33. The van der Waals surface area contributed by atoms with Gasteiger partial charge in [0.1, 0.15) is 57.7 Å². The van der Waals surface area contributed by atoms with Crippen LogP contribution in [-0.2, 0) is 58.7 Å². The topological polar surface area (TPSA) is 211 Å². The Morgan fingerprint density at radius 3 is 1.35 bits per heavy atom. The molecule has 2 amide bonds. The number of phenols is 1. The highest BCUT2D eigenvalue weighted by molar-refractivity contribution is 7.87. The van der Waals surface area contributed by atoms with Gasteiger partial charge in [-0.25, -0.2) is 29.3 Å². The van der Waals surface area contributed by atoms with Crippen molar-refractivity contribution in [2.75, 3.05) is 90.5 Å². The van der Waals surface area contributed by atoms with E-state index in [9.17, 15) is 19.5 Å². The monoisotopic (exact) mass is 1110 g/mol. The van der Waals surface area contributed by atoms with Gasteiger partial charge in [-0.2, -0.15) is 0 Å². The predicted octanol–water partition coefficient (Wildman–Crippen LogP) is 9.80. The summed E-state index contributed by atoms with van der Waals surface area (Å²) in [7, 11) is 0. The molecule has 0 aliphatic carbocycles. The molecule has 5 aromatic carbocycles. The Kier molecular flexibility index (Phi) is 26.0. The summed E-state index contributed by atoms with van der Waals surface area (Å²) < 4.78 is 44.8. The first-order valence-electron chi connectivity index (χ1n) is 26.3. The smallest absolute Gasteiger partial charge is 0.407 e. The third-order valence-corrected chi connectivity index (χ3v) is 14.7. The molecule has 0 aliphatic rings. The van der Waals surface area contributed by atoms with Crippen LogP contribution in [0.3, 0.4) is 0 Å². The van der Waals surface area contributed by atoms with Crippen LogP contribution in [0.25, 0.3) is 56.4 Å². The summed E-state index contributed by atoms with van der Waals surface area (Å²) in [6, 6.07) is 40.7. The van der Waals surface area contributed by atoms with Gasteiger partial charge in [-0.3, -0.25) is 4.90 Å². The number of phenolic OH excluding ortho intramolecular Hbond substituents is 1. The summed E-state index contributed by atoms with van der Waals surface area (Å²) in [5.41, 5.74) is 6.10. The number of nitrogens with zero attached hydrogens (tertiary/aromatic N) is 4. The lowest BCUT2D eigenvalue weighted by Crippen LogP contribution is -2.38. The number of benzene rings is 5.